The van der Waals surface area contributed by atoms with Gasteiger partial charge in [-0.05, 0) is 42.4 Å². The normalized spacial score (nSPS) is 25.0. The van der Waals surface area contributed by atoms with Crippen molar-refractivity contribution in [2.75, 3.05) is 18.1 Å². The van der Waals surface area contributed by atoms with Gasteiger partial charge in [0.1, 0.15) is 6.17 Å². The van der Waals surface area contributed by atoms with Gasteiger partial charge in [0.05, 0.1) is 6.54 Å². The minimum atomic E-state index is 0.0711. The van der Waals surface area contributed by atoms with Crippen LogP contribution in [0.2, 0.25) is 0 Å². The molecule has 1 amide bonds. The van der Waals surface area contributed by atoms with E-state index < -0.39 is 0 Å². The molecule has 1 unspecified atom stereocenters. The van der Waals surface area contributed by atoms with E-state index in [1.807, 2.05) is 11.8 Å². The molecule has 1 atom stereocenters. The van der Waals surface area contributed by atoms with E-state index in [0.29, 0.717) is 12.6 Å². The van der Waals surface area contributed by atoms with Crippen molar-refractivity contribution in [2.45, 2.75) is 32.0 Å². The van der Waals surface area contributed by atoms with Gasteiger partial charge >= 0.3 is 0 Å². The zero-order chi connectivity index (χ0) is 13.2. The van der Waals surface area contributed by atoms with Crippen molar-refractivity contribution in [1.29, 1.82) is 0 Å². The van der Waals surface area contributed by atoms with Crippen molar-refractivity contribution >= 4 is 17.7 Å². The summed E-state index contributed by atoms with van der Waals surface area (Å²) in [5.74, 6) is 2.61. The largest absolute Gasteiger partial charge is 0.319 e. The molecule has 2 aliphatic rings. The summed E-state index contributed by atoms with van der Waals surface area (Å²) in [7, 11) is 0. The van der Waals surface area contributed by atoms with Crippen LogP contribution in [-0.2, 0) is 4.79 Å². The third-order valence-electron chi connectivity index (χ3n) is 4.08. The van der Waals surface area contributed by atoms with Crippen LogP contribution < -0.4 is 5.32 Å². The Bertz CT molecular complexity index is 471. The van der Waals surface area contributed by atoms with Gasteiger partial charge in [-0.2, -0.15) is 11.8 Å². The second kappa shape index (κ2) is 5.55. The first-order valence-corrected chi connectivity index (χ1v) is 8.10. The van der Waals surface area contributed by atoms with Gasteiger partial charge in [0, 0.05) is 6.04 Å². The highest BCUT2D eigenvalue weighted by atomic mass is 32.2. The third-order valence-corrected chi connectivity index (χ3v) is 5.13. The van der Waals surface area contributed by atoms with Crippen molar-refractivity contribution in [1.82, 2.24) is 10.2 Å². The van der Waals surface area contributed by atoms with Crippen molar-refractivity contribution in [3.05, 3.63) is 35.4 Å². The topological polar surface area (TPSA) is 32.3 Å². The molecule has 3 rings (SSSR count). The summed E-state index contributed by atoms with van der Waals surface area (Å²) in [6.07, 6.45) is 2.32. The van der Waals surface area contributed by atoms with Crippen LogP contribution in [0.3, 0.4) is 0 Å². The molecule has 3 nitrogen and oxygen atoms in total. The maximum atomic E-state index is 12.2. The van der Waals surface area contributed by atoms with E-state index in [4.69, 9.17) is 0 Å². The molecule has 2 saturated heterocycles. The van der Waals surface area contributed by atoms with Gasteiger partial charge in [0.25, 0.3) is 0 Å². The van der Waals surface area contributed by atoms with Gasteiger partial charge in [-0.1, -0.05) is 24.3 Å². The monoisotopic (exact) mass is 276 g/mol. The smallest absolute Gasteiger partial charge is 0.238 e. The Balaban J connectivity index is 1.87. The van der Waals surface area contributed by atoms with Crippen LogP contribution >= 0.6 is 11.8 Å². The summed E-state index contributed by atoms with van der Waals surface area (Å²) >= 11 is 2.00. The quantitative estimate of drug-likeness (QED) is 0.900. The minimum Gasteiger partial charge on any atom is -0.319 e. The van der Waals surface area contributed by atoms with Gasteiger partial charge in [-0.25, -0.2) is 0 Å². The number of benzene rings is 1. The highest BCUT2D eigenvalue weighted by molar-refractivity contribution is 7.99. The number of carbonyl (C=O) groups is 1. The molecule has 0 aromatic heterocycles. The Kier molecular flexibility index (Phi) is 3.80. The summed E-state index contributed by atoms with van der Waals surface area (Å²) in [6, 6.07) is 8.78. The number of nitrogens with zero attached hydrogens (tertiary/aromatic N) is 1. The molecule has 19 heavy (non-hydrogen) atoms. The van der Waals surface area contributed by atoms with E-state index in [9.17, 15) is 4.79 Å². The predicted octanol–water partition coefficient (Wildman–Crippen LogP) is 2.32. The molecule has 1 N–H and O–H groups in total. The first-order valence-electron chi connectivity index (χ1n) is 6.95. The zero-order valence-electron chi connectivity index (χ0n) is 11.3. The first kappa shape index (κ1) is 13.0. The molecule has 2 aliphatic heterocycles. The Labute approximate surface area is 118 Å². The number of thioether (sulfide) groups is 1. The van der Waals surface area contributed by atoms with Gasteiger partial charge in [-0.3, -0.25) is 10.1 Å². The Morgan fingerprint density at radius 2 is 2.00 bits per heavy atom. The van der Waals surface area contributed by atoms with Gasteiger partial charge < -0.3 is 4.90 Å². The molecular weight excluding hydrogens is 256 g/mol. The van der Waals surface area contributed by atoms with E-state index in [1.54, 1.807) is 0 Å². The van der Waals surface area contributed by atoms with Crippen molar-refractivity contribution in [3.63, 3.8) is 0 Å². The molecule has 0 aliphatic carbocycles. The van der Waals surface area contributed by atoms with Crippen LogP contribution in [0, 0.1) is 6.92 Å². The predicted molar refractivity (Wildman–Crippen MR) is 79.1 cm³/mol. The van der Waals surface area contributed by atoms with Crippen molar-refractivity contribution in [2.24, 2.45) is 0 Å². The van der Waals surface area contributed by atoms with Gasteiger partial charge in [0.2, 0.25) is 5.91 Å². The fourth-order valence-electron chi connectivity index (χ4n) is 3.05. The van der Waals surface area contributed by atoms with E-state index in [1.165, 1.54) is 22.6 Å². The van der Waals surface area contributed by atoms with Crippen LogP contribution in [0.1, 0.15) is 30.1 Å². The number of aryl methyl sites for hydroxylation is 1. The lowest BCUT2D eigenvalue weighted by atomic mass is 10.0. The second-order valence-electron chi connectivity index (χ2n) is 5.28. The van der Waals surface area contributed by atoms with Crippen LogP contribution in [0.25, 0.3) is 0 Å². The van der Waals surface area contributed by atoms with Crippen LogP contribution in [0.4, 0.5) is 0 Å². The SMILES string of the molecule is Cc1ccccc1C1NCC(=O)N1C1CCSCC1. The van der Waals surface area contributed by atoms with Crippen molar-refractivity contribution < 1.29 is 4.79 Å². The standard InChI is InChI=1S/C15H20N2OS/c1-11-4-2-3-5-13(11)15-16-10-14(18)17(15)12-6-8-19-9-7-12/h2-5,12,15-16H,6-10H2,1H3. The summed E-state index contributed by atoms with van der Waals surface area (Å²) < 4.78 is 0. The maximum absolute atomic E-state index is 12.2. The molecule has 0 radical (unpaired) electrons. The van der Waals surface area contributed by atoms with E-state index >= 15 is 0 Å². The summed E-state index contributed by atoms with van der Waals surface area (Å²) in [4.78, 5) is 14.3. The fourth-order valence-corrected chi connectivity index (χ4v) is 4.13. The van der Waals surface area contributed by atoms with Crippen LogP contribution in [-0.4, -0.2) is 34.9 Å². The molecular formula is C15H20N2OS. The number of amides is 1. The summed E-state index contributed by atoms with van der Waals surface area (Å²) in [6.45, 7) is 2.59. The number of hydrogen-bond acceptors (Lipinski definition) is 3. The maximum Gasteiger partial charge on any atom is 0.238 e. The number of carbonyl (C=O) groups excluding carboxylic acids is 1. The Morgan fingerprint density at radius 3 is 2.74 bits per heavy atom. The summed E-state index contributed by atoms with van der Waals surface area (Å²) in [5, 5.41) is 3.38. The molecule has 0 bridgehead atoms. The van der Waals surface area contributed by atoms with Crippen LogP contribution in [0.5, 0.6) is 0 Å². The van der Waals surface area contributed by atoms with E-state index in [0.717, 1.165) is 12.8 Å². The lowest BCUT2D eigenvalue weighted by Crippen LogP contribution is -2.41. The van der Waals surface area contributed by atoms with Crippen LogP contribution in [0.15, 0.2) is 24.3 Å². The fraction of sp³-hybridized carbons (Fsp3) is 0.533. The number of hydrogen-bond donors (Lipinski definition) is 1. The minimum absolute atomic E-state index is 0.0711. The number of rotatable bonds is 2. The average molecular weight is 276 g/mol. The molecule has 2 fully saturated rings. The van der Waals surface area contributed by atoms with E-state index in [2.05, 4.69) is 41.4 Å². The highest BCUT2D eigenvalue weighted by Crippen LogP contribution is 2.32. The molecule has 0 spiro atoms. The third kappa shape index (κ3) is 2.51. The molecule has 1 aromatic rings. The first-order chi connectivity index (χ1) is 9.27. The second-order valence-corrected chi connectivity index (χ2v) is 6.51. The average Bonchev–Trinajstić information content (AvgIpc) is 2.82. The zero-order valence-corrected chi connectivity index (χ0v) is 12.1. The molecule has 1 aromatic carbocycles. The Hall–Kier alpha value is -1.00. The Morgan fingerprint density at radius 1 is 1.26 bits per heavy atom. The van der Waals surface area contributed by atoms with E-state index in [-0.39, 0.29) is 12.1 Å². The van der Waals surface area contributed by atoms with Crippen molar-refractivity contribution in [3.8, 4) is 0 Å². The molecule has 2 heterocycles. The van der Waals surface area contributed by atoms with Gasteiger partial charge in [-0.15, -0.1) is 0 Å². The molecule has 102 valence electrons. The summed E-state index contributed by atoms with van der Waals surface area (Å²) in [5.41, 5.74) is 2.50. The van der Waals surface area contributed by atoms with Gasteiger partial charge in [0.15, 0.2) is 0 Å². The lowest BCUT2D eigenvalue weighted by molar-refractivity contribution is -0.130. The molecule has 4 heteroatoms. The highest BCUT2D eigenvalue weighted by Gasteiger charge is 2.37. The number of nitrogens with one attached hydrogen (secondary N) is 1. The lowest BCUT2D eigenvalue weighted by Gasteiger charge is -2.35. The molecule has 0 saturated carbocycles.